The number of anilines is 2. The summed E-state index contributed by atoms with van der Waals surface area (Å²) in [6.07, 6.45) is 8.27. The largest absolute Gasteiger partial charge is 0.395 e. The number of rotatable bonds is 7. The van der Waals surface area contributed by atoms with Crippen molar-refractivity contribution in [3.05, 3.63) is 11.9 Å². The second kappa shape index (κ2) is 7.40. The van der Waals surface area contributed by atoms with Crippen molar-refractivity contribution >= 4 is 11.6 Å². The van der Waals surface area contributed by atoms with E-state index in [9.17, 15) is 5.11 Å². The van der Waals surface area contributed by atoms with Crippen LogP contribution in [0.3, 0.4) is 0 Å². The van der Waals surface area contributed by atoms with E-state index in [2.05, 4.69) is 27.2 Å². The number of hydrazine groups is 1. The van der Waals surface area contributed by atoms with Gasteiger partial charge in [0.25, 0.3) is 0 Å². The molecular formula is C14H25N5O. The highest BCUT2D eigenvalue weighted by molar-refractivity contribution is 5.59. The quantitative estimate of drug-likeness (QED) is 0.517. The van der Waals surface area contributed by atoms with Gasteiger partial charge in [-0.05, 0) is 19.3 Å². The van der Waals surface area contributed by atoms with Crippen LogP contribution in [0.25, 0.3) is 0 Å². The summed E-state index contributed by atoms with van der Waals surface area (Å²) < 4.78 is 0. The summed E-state index contributed by atoms with van der Waals surface area (Å²) in [5.41, 5.74) is 3.72. The van der Waals surface area contributed by atoms with Gasteiger partial charge in [0.05, 0.1) is 6.61 Å². The second-order valence-corrected chi connectivity index (χ2v) is 5.27. The zero-order valence-electron chi connectivity index (χ0n) is 12.2. The van der Waals surface area contributed by atoms with E-state index in [1.165, 1.54) is 25.7 Å². The summed E-state index contributed by atoms with van der Waals surface area (Å²) in [6, 6.07) is 0.471. The molecule has 1 saturated carbocycles. The van der Waals surface area contributed by atoms with E-state index in [0.717, 1.165) is 24.2 Å². The Balaban J connectivity index is 2.35. The normalized spacial score (nSPS) is 15.6. The van der Waals surface area contributed by atoms with E-state index in [-0.39, 0.29) is 6.61 Å². The van der Waals surface area contributed by atoms with Crippen molar-refractivity contribution in [2.24, 2.45) is 5.84 Å². The maximum Gasteiger partial charge on any atom is 0.148 e. The molecule has 0 radical (unpaired) electrons. The smallest absolute Gasteiger partial charge is 0.148 e. The molecule has 0 aliphatic heterocycles. The second-order valence-electron chi connectivity index (χ2n) is 5.27. The Labute approximate surface area is 120 Å². The van der Waals surface area contributed by atoms with Gasteiger partial charge in [-0.15, -0.1) is 0 Å². The van der Waals surface area contributed by atoms with Crippen molar-refractivity contribution in [1.82, 2.24) is 9.97 Å². The zero-order chi connectivity index (χ0) is 14.4. The molecule has 2 rings (SSSR count). The number of hydrogen-bond acceptors (Lipinski definition) is 6. The first-order chi connectivity index (χ1) is 9.81. The Morgan fingerprint density at radius 3 is 2.75 bits per heavy atom. The van der Waals surface area contributed by atoms with Gasteiger partial charge in [-0.1, -0.05) is 26.2 Å². The summed E-state index contributed by atoms with van der Waals surface area (Å²) in [5.74, 6) is 7.19. The summed E-state index contributed by atoms with van der Waals surface area (Å²) >= 11 is 0. The highest BCUT2D eigenvalue weighted by Gasteiger charge is 2.26. The van der Waals surface area contributed by atoms with Gasteiger partial charge in [0.2, 0.25) is 0 Å². The maximum atomic E-state index is 9.38. The summed E-state index contributed by atoms with van der Waals surface area (Å²) in [4.78, 5) is 10.9. The van der Waals surface area contributed by atoms with Crippen molar-refractivity contribution in [2.75, 3.05) is 23.5 Å². The van der Waals surface area contributed by atoms with E-state index in [1.807, 2.05) is 0 Å². The van der Waals surface area contributed by atoms with E-state index in [4.69, 9.17) is 5.84 Å². The van der Waals surface area contributed by atoms with Gasteiger partial charge in [-0.3, -0.25) is 0 Å². The number of nitrogens with zero attached hydrogens (tertiary/aromatic N) is 3. The number of aliphatic hydroxyl groups excluding tert-OH is 1. The lowest BCUT2D eigenvalue weighted by atomic mass is 10.1. The molecule has 0 spiro atoms. The molecule has 6 nitrogen and oxygen atoms in total. The minimum atomic E-state index is 0.136. The number of hydrogen-bond donors (Lipinski definition) is 3. The van der Waals surface area contributed by atoms with Gasteiger partial charge < -0.3 is 15.4 Å². The van der Waals surface area contributed by atoms with E-state index in [0.29, 0.717) is 18.4 Å². The van der Waals surface area contributed by atoms with Crippen LogP contribution in [0.2, 0.25) is 0 Å². The van der Waals surface area contributed by atoms with Gasteiger partial charge in [0.15, 0.2) is 0 Å². The molecule has 0 unspecified atom stereocenters. The first-order valence-corrected chi connectivity index (χ1v) is 7.49. The van der Waals surface area contributed by atoms with Crippen molar-refractivity contribution in [1.29, 1.82) is 0 Å². The molecule has 1 aromatic heterocycles. The summed E-state index contributed by atoms with van der Waals surface area (Å²) in [6.45, 7) is 2.88. The summed E-state index contributed by atoms with van der Waals surface area (Å²) in [7, 11) is 0. The standard InChI is InChI=1S/C14H25N5O/c1-2-5-12-13(18-15)16-10-17-14(12)19(8-9-20)11-6-3-4-7-11/h10-11,20H,2-9,15H2,1H3,(H,16,17,18). The third-order valence-electron chi connectivity index (χ3n) is 3.94. The summed E-state index contributed by atoms with van der Waals surface area (Å²) in [5, 5.41) is 9.38. The lowest BCUT2D eigenvalue weighted by Gasteiger charge is -2.31. The molecule has 6 heteroatoms. The van der Waals surface area contributed by atoms with Crippen molar-refractivity contribution < 1.29 is 5.11 Å². The van der Waals surface area contributed by atoms with Crippen LogP contribution in [0, 0.1) is 0 Å². The Kier molecular flexibility index (Phi) is 5.55. The van der Waals surface area contributed by atoms with Crippen LogP contribution >= 0.6 is 0 Å². The van der Waals surface area contributed by atoms with Crippen LogP contribution in [0.1, 0.15) is 44.6 Å². The molecule has 1 aliphatic carbocycles. The average molecular weight is 279 g/mol. The molecule has 112 valence electrons. The number of aliphatic hydroxyl groups is 1. The first-order valence-electron chi connectivity index (χ1n) is 7.49. The van der Waals surface area contributed by atoms with Crippen LogP contribution in [-0.2, 0) is 6.42 Å². The van der Waals surface area contributed by atoms with E-state index >= 15 is 0 Å². The molecule has 20 heavy (non-hydrogen) atoms. The van der Waals surface area contributed by atoms with Crippen molar-refractivity contribution in [3.8, 4) is 0 Å². The SMILES string of the molecule is CCCc1c(NN)ncnc1N(CCO)C1CCCC1. The predicted molar refractivity (Wildman–Crippen MR) is 80.5 cm³/mol. The fraction of sp³-hybridized carbons (Fsp3) is 0.714. The highest BCUT2D eigenvalue weighted by Crippen LogP contribution is 2.31. The fourth-order valence-electron chi connectivity index (χ4n) is 3.04. The fourth-order valence-corrected chi connectivity index (χ4v) is 3.04. The van der Waals surface area contributed by atoms with Crippen LogP contribution in [0.4, 0.5) is 11.6 Å². The van der Waals surface area contributed by atoms with Gasteiger partial charge in [-0.25, -0.2) is 15.8 Å². The third kappa shape index (κ3) is 3.19. The molecule has 0 amide bonds. The Morgan fingerprint density at radius 1 is 1.40 bits per heavy atom. The lowest BCUT2D eigenvalue weighted by molar-refractivity contribution is 0.296. The van der Waals surface area contributed by atoms with Gasteiger partial charge >= 0.3 is 0 Å². The first kappa shape index (κ1) is 15.0. The van der Waals surface area contributed by atoms with Crippen molar-refractivity contribution in [2.45, 2.75) is 51.5 Å². The Bertz CT molecular complexity index is 420. The van der Waals surface area contributed by atoms with Gasteiger partial charge in [0.1, 0.15) is 18.0 Å². The topological polar surface area (TPSA) is 87.3 Å². The lowest BCUT2D eigenvalue weighted by Crippen LogP contribution is -2.37. The van der Waals surface area contributed by atoms with Gasteiger partial charge in [0, 0.05) is 18.2 Å². The minimum absolute atomic E-state index is 0.136. The van der Waals surface area contributed by atoms with Crippen LogP contribution in [-0.4, -0.2) is 34.3 Å². The molecule has 0 aromatic carbocycles. The monoisotopic (exact) mass is 279 g/mol. The molecular weight excluding hydrogens is 254 g/mol. The molecule has 1 heterocycles. The molecule has 0 atom stereocenters. The van der Waals surface area contributed by atoms with Gasteiger partial charge in [-0.2, -0.15) is 0 Å². The van der Waals surface area contributed by atoms with Crippen LogP contribution in [0.5, 0.6) is 0 Å². The Morgan fingerprint density at radius 2 is 2.15 bits per heavy atom. The predicted octanol–water partition coefficient (Wildman–Crippen LogP) is 1.46. The minimum Gasteiger partial charge on any atom is -0.395 e. The van der Waals surface area contributed by atoms with Crippen LogP contribution in [0.15, 0.2) is 6.33 Å². The molecule has 1 aromatic rings. The highest BCUT2D eigenvalue weighted by atomic mass is 16.3. The van der Waals surface area contributed by atoms with E-state index in [1.54, 1.807) is 6.33 Å². The molecule has 1 fully saturated rings. The number of nitrogens with two attached hydrogens (primary N) is 1. The van der Waals surface area contributed by atoms with Crippen molar-refractivity contribution in [3.63, 3.8) is 0 Å². The Hall–Kier alpha value is -1.40. The maximum absolute atomic E-state index is 9.38. The number of nitrogen functional groups attached to an aromatic ring is 1. The molecule has 0 bridgehead atoms. The zero-order valence-corrected chi connectivity index (χ0v) is 12.2. The molecule has 1 aliphatic rings. The molecule has 4 N–H and O–H groups in total. The number of nitrogens with one attached hydrogen (secondary N) is 1. The van der Waals surface area contributed by atoms with E-state index < -0.39 is 0 Å². The third-order valence-corrected chi connectivity index (χ3v) is 3.94. The average Bonchev–Trinajstić information content (AvgIpc) is 2.99. The van der Waals surface area contributed by atoms with Crippen LogP contribution < -0.4 is 16.2 Å². The number of aromatic nitrogens is 2. The molecule has 0 saturated heterocycles.